The topological polar surface area (TPSA) is 9.23 Å². The van der Waals surface area contributed by atoms with E-state index in [9.17, 15) is 0 Å². The largest absolute Gasteiger partial charge is 0.368 e. The minimum atomic E-state index is -0.0664. The third kappa shape index (κ3) is 3.57. The van der Waals surface area contributed by atoms with Crippen molar-refractivity contribution in [2.75, 3.05) is 0 Å². The van der Waals surface area contributed by atoms with Crippen LogP contribution in [0, 0.1) is 5.92 Å². The maximum absolute atomic E-state index is 6.31. The van der Waals surface area contributed by atoms with Crippen LogP contribution in [0.3, 0.4) is 0 Å². The van der Waals surface area contributed by atoms with Crippen molar-refractivity contribution in [1.82, 2.24) is 0 Å². The molecule has 0 unspecified atom stereocenters. The molecule has 1 fully saturated rings. The van der Waals surface area contributed by atoms with Gasteiger partial charge in [-0.3, -0.25) is 0 Å². The van der Waals surface area contributed by atoms with E-state index in [-0.39, 0.29) is 11.7 Å². The first-order valence-corrected chi connectivity index (χ1v) is 6.79. The van der Waals surface area contributed by atoms with Crippen molar-refractivity contribution in [3.05, 3.63) is 35.9 Å². The molecule has 0 aromatic heterocycles. The van der Waals surface area contributed by atoms with Crippen molar-refractivity contribution in [3.63, 3.8) is 0 Å². The molecular formula is C16H24O. The van der Waals surface area contributed by atoms with E-state index in [1.54, 1.807) is 0 Å². The van der Waals surface area contributed by atoms with Gasteiger partial charge in [-0.25, -0.2) is 0 Å². The molecule has 94 valence electrons. The van der Waals surface area contributed by atoms with Gasteiger partial charge in [-0.2, -0.15) is 0 Å². The summed E-state index contributed by atoms with van der Waals surface area (Å²) in [5.41, 5.74) is 1.28. The summed E-state index contributed by atoms with van der Waals surface area (Å²) in [6, 6.07) is 10.7. The van der Waals surface area contributed by atoms with Crippen molar-refractivity contribution < 1.29 is 4.74 Å². The highest BCUT2D eigenvalue weighted by molar-refractivity contribution is 5.18. The monoisotopic (exact) mass is 232 g/mol. The number of ether oxygens (including phenoxy) is 1. The van der Waals surface area contributed by atoms with Crippen LogP contribution in [0.15, 0.2) is 30.3 Å². The number of rotatable bonds is 3. The summed E-state index contributed by atoms with van der Waals surface area (Å²) in [5, 5.41) is 0. The first-order valence-electron chi connectivity index (χ1n) is 6.79. The van der Waals surface area contributed by atoms with Gasteiger partial charge in [-0.05, 0) is 45.1 Å². The molecule has 1 aliphatic rings. The Bertz CT molecular complexity index is 330. The maximum atomic E-state index is 6.31. The van der Waals surface area contributed by atoms with Gasteiger partial charge in [-0.15, -0.1) is 0 Å². The molecule has 1 saturated carbocycles. The Morgan fingerprint density at radius 2 is 1.65 bits per heavy atom. The summed E-state index contributed by atoms with van der Waals surface area (Å²) in [5.74, 6) is 0.705. The third-order valence-electron chi connectivity index (χ3n) is 3.44. The molecular weight excluding hydrogens is 208 g/mol. The van der Waals surface area contributed by atoms with E-state index in [4.69, 9.17) is 4.74 Å². The molecule has 1 nitrogen and oxygen atoms in total. The number of hydrogen-bond donors (Lipinski definition) is 0. The summed E-state index contributed by atoms with van der Waals surface area (Å²) >= 11 is 0. The van der Waals surface area contributed by atoms with E-state index in [0.717, 1.165) is 0 Å². The maximum Gasteiger partial charge on any atom is 0.0860 e. The standard InChI is InChI=1S/C16H24O/c1-16(2,3)17-15(14-11-7-8-12-14)13-9-5-4-6-10-13/h4-6,9-10,14-15H,7-8,11-12H2,1-3H3/t15-/m1/s1. The lowest BCUT2D eigenvalue weighted by Crippen LogP contribution is -2.26. The SMILES string of the molecule is CC(C)(C)O[C@H](c1ccccc1)C1CCCC1. The lowest BCUT2D eigenvalue weighted by molar-refractivity contribution is -0.0866. The second-order valence-electron chi connectivity index (χ2n) is 6.11. The lowest BCUT2D eigenvalue weighted by Gasteiger charge is -2.32. The van der Waals surface area contributed by atoms with E-state index in [0.29, 0.717) is 5.92 Å². The van der Waals surface area contributed by atoms with Gasteiger partial charge >= 0.3 is 0 Å². The van der Waals surface area contributed by atoms with E-state index < -0.39 is 0 Å². The van der Waals surface area contributed by atoms with Crippen molar-refractivity contribution >= 4 is 0 Å². The van der Waals surface area contributed by atoms with Crippen LogP contribution in [0.4, 0.5) is 0 Å². The average molecular weight is 232 g/mol. The van der Waals surface area contributed by atoms with E-state index in [2.05, 4.69) is 51.1 Å². The smallest absolute Gasteiger partial charge is 0.0860 e. The fraction of sp³-hybridized carbons (Fsp3) is 0.625. The van der Waals surface area contributed by atoms with Crippen LogP contribution >= 0.6 is 0 Å². The van der Waals surface area contributed by atoms with Gasteiger partial charge < -0.3 is 4.74 Å². The van der Waals surface area contributed by atoms with Crippen molar-refractivity contribution in [1.29, 1.82) is 0 Å². The van der Waals surface area contributed by atoms with Gasteiger partial charge in [0.05, 0.1) is 11.7 Å². The first-order chi connectivity index (χ1) is 8.06. The molecule has 0 radical (unpaired) electrons. The predicted octanol–water partition coefficient (Wildman–Crippen LogP) is 4.73. The highest BCUT2D eigenvalue weighted by Crippen LogP contribution is 2.40. The van der Waals surface area contributed by atoms with Gasteiger partial charge in [0.15, 0.2) is 0 Å². The van der Waals surface area contributed by atoms with Crippen molar-refractivity contribution in [3.8, 4) is 0 Å². The molecule has 0 N–H and O–H groups in total. The third-order valence-corrected chi connectivity index (χ3v) is 3.44. The van der Waals surface area contributed by atoms with E-state index in [1.165, 1.54) is 31.2 Å². The van der Waals surface area contributed by atoms with Gasteiger partial charge in [0.25, 0.3) is 0 Å². The Hall–Kier alpha value is -0.820. The molecule has 0 spiro atoms. The molecule has 2 rings (SSSR count). The summed E-state index contributed by atoms with van der Waals surface area (Å²) in [4.78, 5) is 0. The quantitative estimate of drug-likeness (QED) is 0.732. The van der Waals surface area contributed by atoms with Crippen LogP contribution < -0.4 is 0 Å². The van der Waals surface area contributed by atoms with E-state index >= 15 is 0 Å². The number of benzene rings is 1. The van der Waals surface area contributed by atoms with Crippen LogP contribution in [0.2, 0.25) is 0 Å². The summed E-state index contributed by atoms with van der Waals surface area (Å²) in [7, 11) is 0. The molecule has 17 heavy (non-hydrogen) atoms. The van der Waals surface area contributed by atoms with Crippen LogP contribution in [0.5, 0.6) is 0 Å². The summed E-state index contributed by atoms with van der Waals surface area (Å²) in [6.07, 6.45) is 5.63. The molecule has 0 saturated heterocycles. The van der Waals surface area contributed by atoms with Crippen LogP contribution in [-0.2, 0) is 4.74 Å². The molecule has 0 amide bonds. The second-order valence-corrected chi connectivity index (χ2v) is 6.11. The first kappa shape index (κ1) is 12.6. The van der Waals surface area contributed by atoms with Gasteiger partial charge in [0.2, 0.25) is 0 Å². The van der Waals surface area contributed by atoms with Crippen molar-refractivity contribution in [2.45, 2.75) is 58.2 Å². The van der Waals surface area contributed by atoms with E-state index in [1.807, 2.05) is 0 Å². The fourth-order valence-corrected chi connectivity index (χ4v) is 2.72. The minimum absolute atomic E-state index is 0.0664. The Labute approximate surface area is 105 Å². The minimum Gasteiger partial charge on any atom is -0.368 e. The average Bonchev–Trinajstić information content (AvgIpc) is 2.79. The highest BCUT2D eigenvalue weighted by Gasteiger charge is 2.30. The zero-order chi connectivity index (χ0) is 12.3. The predicted molar refractivity (Wildman–Crippen MR) is 72.0 cm³/mol. The molecule has 1 heteroatoms. The highest BCUT2D eigenvalue weighted by atomic mass is 16.5. The summed E-state index contributed by atoms with van der Waals surface area (Å²) < 4.78 is 6.31. The van der Waals surface area contributed by atoms with Gasteiger partial charge in [-0.1, -0.05) is 43.2 Å². The molecule has 1 atom stereocenters. The molecule has 0 aliphatic heterocycles. The van der Waals surface area contributed by atoms with Crippen LogP contribution in [0.1, 0.15) is 58.1 Å². The fourth-order valence-electron chi connectivity index (χ4n) is 2.72. The molecule has 0 bridgehead atoms. The normalized spacial score (nSPS) is 19.5. The Morgan fingerprint density at radius 1 is 1.06 bits per heavy atom. The van der Waals surface area contributed by atoms with Gasteiger partial charge in [0, 0.05) is 0 Å². The van der Waals surface area contributed by atoms with Crippen LogP contribution in [0.25, 0.3) is 0 Å². The zero-order valence-corrected chi connectivity index (χ0v) is 11.3. The second kappa shape index (κ2) is 5.22. The molecule has 1 aromatic rings. The Kier molecular flexibility index (Phi) is 3.88. The number of hydrogen-bond acceptors (Lipinski definition) is 1. The van der Waals surface area contributed by atoms with Crippen molar-refractivity contribution in [2.24, 2.45) is 5.92 Å². The molecule has 1 aromatic carbocycles. The van der Waals surface area contributed by atoms with Gasteiger partial charge in [0.1, 0.15) is 0 Å². The van der Waals surface area contributed by atoms with Crippen LogP contribution in [-0.4, -0.2) is 5.60 Å². The molecule has 0 heterocycles. The Morgan fingerprint density at radius 3 is 2.18 bits per heavy atom. The molecule has 1 aliphatic carbocycles. The Balaban J connectivity index is 2.17. The summed E-state index contributed by atoms with van der Waals surface area (Å²) in [6.45, 7) is 6.45. The lowest BCUT2D eigenvalue weighted by atomic mass is 9.93. The zero-order valence-electron chi connectivity index (χ0n) is 11.3.